The summed E-state index contributed by atoms with van der Waals surface area (Å²) in [4.78, 5) is 24.6. The summed E-state index contributed by atoms with van der Waals surface area (Å²) in [7, 11) is 0. The lowest BCUT2D eigenvalue weighted by molar-refractivity contribution is -0.136. The summed E-state index contributed by atoms with van der Waals surface area (Å²) < 4.78 is 45.7. The summed E-state index contributed by atoms with van der Waals surface area (Å²) in [5.41, 5.74) is 0.0717. The van der Waals surface area contributed by atoms with Crippen LogP contribution in [0.3, 0.4) is 0 Å². The maximum absolute atomic E-state index is 13.7. The molecule has 5 nitrogen and oxygen atoms in total. The van der Waals surface area contributed by atoms with Gasteiger partial charge in [0.25, 0.3) is 0 Å². The molecule has 29 heavy (non-hydrogen) atoms. The average molecular weight is 408 g/mol. The molecule has 0 unspecified atom stereocenters. The van der Waals surface area contributed by atoms with Gasteiger partial charge in [-0.25, -0.2) is 13.2 Å². The molecule has 2 N–H and O–H groups in total. The van der Waals surface area contributed by atoms with Gasteiger partial charge >= 0.3 is 11.8 Å². The van der Waals surface area contributed by atoms with E-state index >= 15 is 0 Å². The second-order valence-electron chi connectivity index (χ2n) is 6.80. The highest BCUT2D eigenvalue weighted by Gasteiger charge is 2.24. The normalized spacial score (nSPS) is 11.8. The van der Waals surface area contributed by atoms with Gasteiger partial charge in [0.15, 0.2) is 17.5 Å². The smallest absolute Gasteiger partial charge is 0.313 e. The maximum atomic E-state index is 13.7. The van der Waals surface area contributed by atoms with Crippen LogP contribution in [0.4, 0.5) is 18.9 Å². The Balaban J connectivity index is 2.20. The molecule has 2 aromatic carbocycles. The number of para-hydroxylation sites is 1. The standard InChI is InChI=1S/C21H23F3N2O3/c1-4-29-17-8-6-5-7-13(17)16(11-12(2)3)26-21(28)20(27)25-15-10-9-14(22)18(23)19(15)24/h5-10,12,16H,4,11H2,1-3H3,(H,25,27)(H,26,28)/t16-/m0/s1. The predicted octanol–water partition coefficient (Wildman–Crippen LogP) is 4.34. The molecule has 0 saturated carbocycles. The van der Waals surface area contributed by atoms with Gasteiger partial charge in [0.05, 0.1) is 18.3 Å². The van der Waals surface area contributed by atoms with Crippen LogP contribution in [-0.2, 0) is 9.59 Å². The van der Waals surface area contributed by atoms with Crippen LogP contribution in [0.15, 0.2) is 36.4 Å². The van der Waals surface area contributed by atoms with Crippen molar-refractivity contribution in [3.63, 3.8) is 0 Å². The van der Waals surface area contributed by atoms with Crippen molar-refractivity contribution in [2.75, 3.05) is 11.9 Å². The number of anilines is 1. The molecule has 0 aromatic heterocycles. The molecule has 0 spiro atoms. The Morgan fingerprint density at radius 3 is 2.34 bits per heavy atom. The molecule has 0 fully saturated rings. The van der Waals surface area contributed by atoms with E-state index in [0.29, 0.717) is 30.4 Å². The fraction of sp³-hybridized carbons (Fsp3) is 0.333. The van der Waals surface area contributed by atoms with Crippen LogP contribution in [0.5, 0.6) is 5.75 Å². The molecule has 0 aliphatic carbocycles. The topological polar surface area (TPSA) is 67.4 Å². The summed E-state index contributed by atoms with van der Waals surface area (Å²) in [5, 5.41) is 4.57. The van der Waals surface area contributed by atoms with Crippen LogP contribution in [0.2, 0.25) is 0 Å². The van der Waals surface area contributed by atoms with Gasteiger partial charge in [-0.2, -0.15) is 0 Å². The van der Waals surface area contributed by atoms with E-state index in [2.05, 4.69) is 5.32 Å². The number of halogens is 3. The highest BCUT2D eigenvalue weighted by atomic mass is 19.2. The predicted molar refractivity (Wildman–Crippen MR) is 103 cm³/mol. The van der Waals surface area contributed by atoms with E-state index in [1.165, 1.54) is 0 Å². The third-order valence-electron chi connectivity index (χ3n) is 4.10. The van der Waals surface area contributed by atoms with E-state index in [1.54, 1.807) is 24.3 Å². The Hall–Kier alpha value is -3.03. The molecule has 0 heterocycles. The number of hydrogen-bond acceptors (Lipinski definition) is 3. The molecule has 0 radical (unpaired) electrons. The third-order valence-corrected chi connectivity index (χ3v) is 4.10. The molecule has 0 aliphatic heterocycles. The quantitative estimate of drug-likeness (QED) is 0.529. The molecule has 0 saturated heterocycles. The number of carbonyl (C=O) groups is 2. The summed E-state index contributed by atoms with van der Waals surface area (Å²) >= 11 is 0. The molecule has 2 aromatic rings. The number of ether oxygens (including phenoxy) is 1. The zero-order valence-corrected chi connectivity index (χ0v) is 16.4. The van der Waals surface area contributed by atoms with Crippen molar-refractivity contribution >= 4 is 17.5 Å². The molecule has 2 amide bonds. The SMILES string of the molecule is CCOc1ccccc1[C@H](CC(C)C)NC(=O)C(=O)Nc1ccc(F)c(F)c1F. The summed E-state index contributed by atoms with van der Waals surface area (Å²) in [6.45, 7) is 6.17. The highest BCUT2D eigenvalue weighted by Crippen LogP contribution is 2.29. The number of amides is 2. The Kier molecular flexibility index (Phi) is 7.64. The van der Waals surface area contributed by atoms with E-state index in [9.17, 15) is 22.8 Å². The second-order valence-corrected chi connectivity index (χ2v) is 6.80. The van der Waals surface area contributed by atoms with Crippen LogP contribution in [0, 0.1) is 23.4 Å². The maximum Gasteiger partial charge on any atom is 0.313 e. The lowest BCUT2D eigenvalue weighted by Gasteiger charge is -2.23. The minimum Gasteiger partial charge on any atom is -0.494 e. The van der Waals surface area contributed by atoms with Crippen molar-refractivity contribution < 1.29 is 27.5 Å². The summed E-state index contributed by atoms with van der Waals surface area (Å²) in [5.74, 6) is -6.18. The van der Waals surface area contributed by atoms with Crippen molar-refractivity contribution in [1.29, 1.82) is 0 Å². The van der Waals surface area contributed by atoms with Crippen LogP contribution in [0.25, 0.3) is 0 Å². The van der Waals surface area contributed by atoms with Crippen molar-refractivity contribution in [3.8, 4) is 5.75 Å². The minimum absolute atomic E-state index is 0.182. The van der Waals surface area contributed by atoms with Crippen LogP contribution in [-0.4, -0.2) is 18.4 Å². The van der Waals surface area contributed by atoms with Crippen LogP contribution >= 0.6 is 0 Å². The Morgan fingerprint density at radius 1 is 1.00 bits per heavy atom. The Labute approximate surface area is 167 Å². The fourth-order valence-corrected chi connectivity index (χ4v) is 2.82. The van der Waals surface area contributed by atoms with E-state index in [4.69, 9.17) is 4.74 Å². The monoisotopic (exact) mass is 408 g/mol. The number of benzene rings is 2. The van der Waals surface area contributed by atoms with Crippen molar-refractivity contribution in [2.24, 2.45) is 5.92 Å². The second kappa shape index (κ2) is 9.95. The molecule has 2 rings (SSSR count). The van der Waals surface area contributed by atoms with Gasteiger partial charge < -0.3 is 15.4 Å². The first-order chi connectivity index (χ1) is 13.7. The van der Waals surface area contributed by atoms with E-state index in [0.717, 1.165) is 6.07 Å². The van der Waals surface area contributed by atoms with Crippen molar-refractivity contribution in [3.05, 3.63) is 59.4 Å². The van der Waals surface area contributed by atoms with Crippen LogP contribution < -0.4 is 15.4 Å². The number of nitrogens with one attached hydrogen (secondary N) is 2. The summed E-state index contributed by atoms with van der Waals surface area (Å²) in [6, 6.07) is 8.09. The fourth-order valence-electron chi connectivity index (χ4n) is 2.82. The first kappa shape index (κ1) is 22.3. The lowest BCUT2D eigenvalue weighted by Crippen LogP contribution is -2.38. The first-order valence-electron chi connectivity index (χ1n) is 9.21. The average Bonchev–Trinajstić information content (AvgIpc) is 2.68. The van der Waals surface area contributed by atoms with Crippen LogP contribution in [0.1, 0.15) is 38.8 Å². The zero-order valence-electron chi connectivity index (χ0n) is 16.4. The Morgan fingerprint density at radius 2 is 1.69 bits per heavy atom. The van der Waals surface area contributed by atoms with Gasteiger partial charge in [-0.05, 0) is 37.5 Å². The minimum atomic E-state index is -1.73. The molecule has 1 atom stereocenters. The van der Waals surface area contributed by atoms with Gasteiger partial charge in [-0.1, -0.05) is 32.0 Å². The van der Waals surface area contributed by atoms with E-state index < -0.39 is 41.0 Å². The van der Waals surface area contributed by atoms with Gasteiger partial charge in [0.1, 0.15) is 5.75 Å². The van der Waals surface area contributed by atoms with E-state index in [-0.39, 0.29) is 5.92 Å². The Bertz CT molecular complexity index is 887. The number of carbonyl (C=O) groups excluding carboxylic acids is 2. The zero-order chi connectivity index (χ0) is 21.6. The van der Waals surface area contributed by atoms with E-state index in [1.807, 2.05) is 26.1 Å². The van der Waals surface area contributed by atoms with Gasteiger partial charge in [-0.15, -0.1) is 0 Å². The molecular weight excluding hydrogens is 385 g/mol. The number of rotatable bonds is 7. The number of hydrogen-bond donors (Lipinski definition) is 2. The molecule has 0 bridgehead atoms. The first-order valence-corrected chi connectivity index (χ1v) is 9.21. The largest absolute Gasteiger partial charge is 0.494 e. The molecular formula is C21H23F3N2O3. The molecule has 8 heteroatoms. The van der Waals surface area contributed by atoms with Gasteiger partial charge in [0, 0.05) is 5.56 Å². The molecule has 156 valence electrons. The van der Waals surface area contributed by atoms with Gasteiger partial charge in [-0.3, -0.25) is 9.59 Å². The molecule has 0 aliphatic rings. The summed E-state index contributed by atoms with van der Waals surface area (Å²) in [6.07, 6.45) is 0.517. The lowest BCUT2D eigenvalue weighted by atomic mass is 9.96. The highest BCUT2D eigenvalue weighted by molar-refractivity contribution is 6.39. The van der Waals surface area contributed by atoms with Gasteiger partial charge in [0.2, 0.25) is 0 Å². The van der Waals surface area contributed by atoms with Crippen molar-refractivity contribution in [2.45, 2.75) is 33.2 Å². The van der Waals surface area contributed by atoms with Crippen molar-refractivity contribution in [1.82, 2.24) is 5.32 Å². The third kappa shape index (κ3) is 5.73.